The molecule has 0 unspecified atom stereocenters. The molecular formula is C13H13FN3O. The number of pyridine rings is 1. The van der Waals surface area contributed by atoms with Crippen LogP contribution in [0.25, 0.3) is 0 Å². The van der Waals surface area contributed by atoms with Crippen LogP contribution in [0, 0.1) is 18.2 Å². The molecule has 1 saturated carbocycles. The predicted molar refractivity (Wildman–Crippen MR) is 66.3 cm³/mol. The standard InChI is InChI=1S/C13H11FN3O.H2/c14-9-3-4-15-12(5-9)13(18)17-10-6-11(16-7-10)8-1-2-8;/h3-8H,1-2H2,(H,17,18);1H. The Morgan fingerprint density at radius 3 is 3.06 bits per heavy atom. The third-order valence-electron chi connectivity index (χ3n) is 2.86. The summed E-state index contributed by atoms with van der Waals surface area (Å²) in [5.41, 5.74) is 1.70. The fourth-order valence-electron chi connectivity index (χ4n) is 1.77. The molecule has 0 aromatic carbocycles. The Bertz CT molecular complexity index is 567. The topological polar surface area (TPSA) is 54.4 Å². The zero-order chi connectivity index (χ0) is 12.5. The number of halogens is 1. The molecule has 1 aromatic rings. The van der Waals surface area contributed by atoms with E-state index >= 15 is 0 Å². The van der Waals surface area contributed by atoms with Crippen LogP contribution in [0.1, 0.15) is 24.8 Å². The fraction of sp³-hybridized carbons (Fsp3) is 0.231. The number of nitrogens with one attached hydrogen (secondary N) is 1. The minimum atomic E-state index is -0.477. The van der Waals surface area contributed by atoms with E-state index in [1.165, 1.54) is 12.3 Å². The zero-order valence-corrected chi connectivity index (χ0v) is 9.56. The first-order chi connectivity index (χ1) is 8.72. The monoisotopic (exact) mass is 246 g/mol. The maximum atomic E-state index is 13.0. The van der Waals surface area contributed by atoms with Crippen molar-refractivity contribution in [2.45, 2.75) is 12.8 Å². The summed E-state index contributed by atoms with van der Waals surface area (Å²) in [6.45, 7) is 0. The van der Waals surface area contributed by atoms with Gasteiger partial charge in [-0.1, -0.05) is 0 Å². The van der Waals surface area contributed by atoms with Crippen LogP contribution in [-0.2, 0) is 0 Å². The summed E-state index contributed by atoms with van der Waals surface area (Å²) in [5, 5.41) is 2.66. The van der Waals surface area contributed by atoms with Crippen molar-refractivity contribution in [1.29, 1.82) is 0 Å². The minimum Gasteiger partial charge on any atom is -0.322 e. The van der Waals surface area contributed by atoms with Crippen molar-refractivity contribution in [3.05, 3.63) is 48.2 Å². The summed E-state index contributed by atoms with van der Waals surface area (Å²) < 4.78 is 13.0. The second-order valence-corrected chi connectivity index (χ2v) is 4.37. The molecule has 1 amide bonds. The molecule has 1 aromatic heterocycles. The molecule has 1 N–H and O–H groups in total. The van der Waals surface area contributed by atoms with Gasteiger partial charge < -0.3 is 5.32 Å². The maximum absolute atomic E-state index is 13.0. The van der Waals surface area contributed by atoms with Crippen LogP contribution < -0.4 is 5.32 Å². The van der Waals surface area contributed by atoms with Crippen molar-refractivity contribution in [2.75, 3.05) is 0 Å². The van der Waals surface area contributed by atoms with E-state index in [0.717, 1.165) is 24.6 Å². The fourth-order valence-corrected chi connectivity index (χ4v) is 1.77. The molecule has 0 atom stereocenters. The quantitative estimate of drug-likeness (QED) is 0.888. The Labute approximate surface area is 105 Å². The highest BCUT2D eigenvalue weighted by atomic mass is 19.1. The van der Waals surface area contributed by atoms with Crippen LogP contribution in [0.5, 0.6) is 0 Å². The van der Waals surface area contributed by atoms with Crippen LogP contribution in [0.15, 0.2) is 35.2 Å². The molecule has 1 radical (unpaired) electrons. The molecule has 18 heavy (non-hydrogen) atoms. The third kappa shape index (κ3) is 2.30. The van der Waals surface area contributed by atoms with E-state index in [1.807, 2.05) is 6.42 Å². The summed E-state index contributed by atoms with van der Waals surface area (Å²) >= 11 is 0. The van der Waals surface area contributed by atoms with Crippen LogP contribution in [0.3, 0.4) is 0 Å². The van der Waals surface area contributed by atoms with E-state index in [0.29, 0.717) is 11.6 Å². The molecular weight excluding hydrogens is 233 g/mol. The number of carbonyl (C=O) groups is 1. The molecule has 0 saturated heterocycles. The lowest BCUT2D eigenvalue weighted by Gasteiger charge is -2.05. The summed E-state index contributed by atoms with van der Waals surface area (Å²) in [7, 11) is 0. The van der Waals surface area contributed by atoms with E-state index in [2.05, 4.69) is 15.3 Å². The number of rotatable bonds is 3. The number of nitrogens with zero attached hydrogens (tertiary/aromatic N) is 2. The zero-order valence-electron chi connectivity index (χ0n) is 9.56. The van der Waals surface area contributed by atoms with Crippen molar-refractivity contribution in [2.24, 2.45) is 10.9 Å². The van der Waals surface area contributed by atoms with Gasteiger partial charge in [0.2, 0.25) is 0 Å². The Kier molecular flexibility index (Phi) is 2.66. The van der Waals surface area contributed by atoms with Crippen LogP contribution >= 0.6 is 0 Å². The summed E-state index contributed by atoms with van der Waals surface area (Å²) in [6, 6.07) is 2.31. The Morgan fingerprint density at radius 2 is 2.33 bits per heavy atom. The first kappa shape index (κ1) is 11.1. The Hall–Kier alpha value is -2.04. The van der Waals surface area contributed by atoms with E-state index in [1.54, 1.807) is 6.20 Å². The summed E-state index contributed by atoms with van der Waals surface area (Å²) in [5.74, 6) is -0.360. The number of allylic oxidation sites excluding steroid dienone is 1. The van der Waals surface area contributed by atoms with Gasteiger partial charge >= 0.3 is 0 Å². The SMILES string of the molecule is O=C(NC1=CN=C(C2CC2)[CH]1)c1cc(F)ccn1.[HH]. The van der Waals surface area contributed by atoms with Crippen molar-refractivity contribution >= 4 is 11.6 Å². The van der Waals surface area contributed by atoms with Gasteiger partial charge in [0.05, 0.1) is 6.42 Å². The van der Waals surface area contributed by atoms with Crippen molar-refractivity contribution in [3.8, 4) is 0 Å². The molecule has 1 aliphatic carbocycles. The largest absolute Gasteiger partial charge is 0.322 e. The van der Waals surface area contributed by atoms with E-state index in [4.69, 9.17) is 0 Å². The lowest BCUT2D eigenvalue weighted by atomic mass is 10.1. The van der Waals surface area contributed by atoms with Crippen LogP contribution in [-0.4, -0.2) is 16.6 Å². The van der Waals surface area contributed by atoms with Gasteiger partial charge in [0.25, 0.3) is 5.91 Å². The Balaban J connectivity index is 0.00000133. The average molecular weight is 246 g/mol. The van der Waals surface area contributed by atoms with Gasteiger partial charge in [-0.15, -0.1) is 0 Å². The average Bonchev–Trinajstić information content (AvgIpc) is 3.11. The molecule has 3 rings (SSSR count). The molecule has 2 aliphatic rings. The molecule has 1 fully saturated rings. The lowest BCUT2D eigenvalue weighted by Crippen LogP contribution is -2.24. The molecule has 1 aliphatic heterocycles. The molecule has 4 nitrogen and oxygen atoms in total. The van der Waals surface area contributed by atoms with E-state index in [-0.39, 0.29) is 7.12 Å². The highest BCUT2D eigenvalue weighted by molar-refractivity contribution is 6.03. The normalized spacial score (nSPS) is 18.3. The van der Waals surface area contributed by atoms with Crippen molar-refractivity contribution < 1.29 is 10.6 Å². The maximum Gasteiger partial charge on any atom is 0.274 e. The molecule has 0 bridgehead atoms. The molecule has 5 heteroatoms. The van der Waals surface area contributed by atoms with Crippen molar-refractivity contribution in [1.82, 2.24) is 10.3 Å². The number of aliphatic imine (C=N–C) groups is 1. The van der Waals surface area contributed by atoms with E-state index in [9.17, 15) is 9.18 Å². The van der Waals surface area contributed by atoms with Gasteiger partial charge in [-0.05, 0) is 24.8 Å². The van der Waals surface area contributed by atoms with Crippen molar-refractivity contribution in [3.63, 3.8) is 0 Å². The van der Waals surface area contributed by atoms with Crippen LogP contribution in [0.4, 0.5) is 4.39 Å². The number of hydrogen-bond acceptors (Lipinski definition) is 3. The lowest BCUT2D eigenvalue weighted by molar-refractivity contribution is 0.0961. The van der Waals surface area contributed by atoms with Gasteiger partial charge in [-0.2, -0.15) is 0 Å². The second kappa shape index (κ2) is 4.33. The highest BCUT2D eigenvalue weighted by Crippen LogP contribution is 2.34. The highest BCUT2D eigenvalue weighted by Gasteiger charge is 2.30. The second-order valence-electron chi connectivity index (χ2n) is 4.37. The first-order valence-corrected chi connectivity index (χ1v) is 5.78. The smallest absolute Gasteiger partial charge is 0.274 e. The third-order valence-corrected chi connectivity index (χ3v) is 2.86. The van der Waals surface area contributed by atoms with Gasteiger partial charge in [-0.25, -0.2) is 4.39 Å². The Morgan fingerprint density at radius 1 is 1.50 bits per heavy atom. The summed E-state index contributed by atoms with van der Waals surface area (Å²) in [6.07, 6.45) is 7.06. The number of hydrogen-bond donors (Lipinski definition) is 1. The predicted octanol–water partition coefficient (Wildman–Crippen LogP) is 2.11. The molecule has 93 valence electrons. The van der Waals surface area contributed by atoms with Gasteiger partial charge in [0.15, 0.2) is 0 Å². The van der Waals surface area contributed by atoms with Gasteiger partial charge in [0.1, 0.15) is 11.5 Å². The number of amides is 1. The van der Waals surface area contributed by atoms with Gasteiger partial charge in [-0.3, -0.25) is 14.8 Å². The first-order valence-electron chi connectivity index (χ1n) is 5.78. The molecule has 2 heterocycles. The van der Waals surface area contributed by atoms with E-state index < -0.39 is 11.7 Å². The molecule has 0 spiro atoms. The number of carbonyl (C=O) groups excluding carboxylic acids is 1. The number of aromatic nitrogens is 1. The summed E-state index contributed by atoms with van der Waals surface area (Å²) in [4.78, 5) is 19.8. The van der Waals surface area contributed by atoms with Gasteiger partial charge in [0, 0.05) is 31.3 Å². The minimum absolute atomic E-state index is 0. The van der Waals surface area contributed by atoms with Crippen LogP contribution in [0.2, 0.25) is 0 Å².